The summed E-state index contributed by atoms with van der Waals surface area (Å²) < 4.78 is 16.4. The molecule has 0 aliphatic carbocycles. The zero-order valence-electron chi connectivity index (χ0n) is 13.5. The summed E-state index contributed by atoms with van der Waals surface area (Å²) in [5.41, 5.74) is -0.478. The van der Waals surface area contributed by atoms with Crippen LogP contribution in [0, 0.1) is 5.41 Å². The molecule has 0 aromatic rings. The van der Waals surface area contributed by atoms with Crippen molar-refractivity contribution in [2.24, 2.45) is 5.41 Å². The minimum absolute atomic E-state index is 0.217. The maximum absolute atomic E-state index is 11.6. The molecule has 0 spiro atoms. The van der Waals surface area contributed by atoms with Gasteiger partial charge in [-0.3, -0.25) is 4.79 Å². The third-order valence-electron chi connectivity index (χ3n) is 1.98. The average Bonchev–Trinajstić information content (AvgIpc) is 2.26. The second-order valence-electron chi connectivity index (χ2n) is 5.23. The predicted octanol–water partition coefficient (Wildman–Crippen LogP) is 3.45. The normalized spacial score (nSPS) is 11.3. The van der Waals surface area contributed by atoms with E-state index in [0.29, 0.717) is 13.2 Å². The van der Waals surface area contributed by atoms with E-state index in [1.807, 2.05) is 48.1 Å². The van der Waals surface area contributed by atoms with Gasteiger partial charge in [0.2, 0.25) is 0 Å². The summed E-state index contributed by atoms with van der Waals surface area (Å²) in [6.07, 6.45) is 2.00. The SMILES string of the molecule is C=CC.CCO[Si](C)(COC(=O)C(C)(C)C)OCC. The highest BCUT2D eigenvalue weighted by Gasteiger charge is 2.35. The van der Waals surface area contributed by atoms with Gasteiger partial charge in [-0.2, -0.15) is 0 Å². The van der Waals surface area contributed by atoms with Gasteiger partial charge in [-0.15, -0.1) is 6.58 Å². The third kappa shape index (κ3) is 10.9. The van der Waals surface area contributed by atoms with Gasteiger partial charge in [0.15, 0.2) is 0 Å². The fourth-order valence-electron chi connectivity index (χ4n) is 1.15. The minimum Gasteiger partial charge on any atom is -0.463 e. The molecule has 0 radical (unpaired) electrons. The highest BCUT2D eigenvalue weighted by atomic mass is 28.4. The van der Waals surface area contributed by atoms with Crippen LogP contribution in [-0.4, -0.2) is 34.0 Å². The van der Waals surface area contributed by atoms with E-state index >= 15 is 0 Å². The van der Waals surface area contributed by atoms with Crippen LogP contribution in [0.25, 0.3) is 0 Å². The van der Waals surface area contributed by atoms with Crippen LogP contribution in [0.4, 0.5) is 0 Å². The number of carbonyl (C=O) groups is 1. The van der Waals surface area contributed by atoms with Crippen molar-refractivity contribution in [3.8, 4) is 0 Å². The topological polar surface area (TPSA) is 44.8 Å². The smallest absolute Gasteiger partial charge is 0.373 e. The van der Waals surface area contributed by atoms with Crippen LogP contribution >= 0.6 is 0 Å². The summed E-state index contributed by atoms with van der Waals surface area (Å²) in [6, 6.07) is 0. The molecule has 0 aliphatic rings. The van der Waals surface area contributed by atoms with Crippen LogP contribution in [0.3, 0.4) is 0 Å². The van der Waals surface area contributed by atoms with Gasteiger partial charge in [-0.05, 0) is 48.1 Å². The summed E-state index contributed by atoms with van der Waals surface area (Å²) >= 11 is 0. The Morgan fingerprint density at radius 3 is 1.84 bits per heavy atom. The van der Waals surface area contributed by atoms with E-state index in [1.54, 1.807) is 6.08 Å². The van der Waals surface area contributed by atoms with Gasteiger partial charge in [-0.1, -0.05) is 6.08 Å². The number of allylic oxidation sites excluding steroid dienone is 1. The van der Waals surface area contributed by atoms with Crippen molar-refractivity contribution in [1.82, 2.24) is 0 Å². The number of rotatable bonds is 6. The van der Waals surface area contributed by atoms with Gasteiger partial charge < -0.3 is 13.6 Å². The standard InChI is InChI=1S/C11H24O4Si.C3H6/c1-7-14-16(6,15-8-2)9-13-10(12)11(3,4)5;1-3-2/h7-9H2,1-6H3;3H,1H2,2H3. The first-order chi connectivity index (χ1) is 8.66. The summed E-state index contributed by atoms with van der Waals surface area (Å²) in [7, 11) is -2.33. The Morgan fingerprint density at radius 2 is 1.58 bits per heavy atom. The maximum atomic E-state index is 11.6. The minimum atomic E-state index is -2.33. The van der Waals surface area contributed by atoms with Crippen LogP contribution in [0.2, 0.25) is 6.55 Å². The Labute approximate surface area is 119 Å². The van der Waals surface area contributed by atoms with E-state index in [4.69, 9.17) is 13.6 Å². The summed E-state index contributed by atoms with van der Waals surface area (Å²) in [4.78, 5) is 11.6. The van der Waals surface area contributed by atoms with Gasteiger partial charge >= 0.3 is 14.5 Å². The lowest BCUT2D eigenvalue weighted by atomic mass is 9.98. The van der Waals surface area contributed by atoms with Crippen molar-refractivity contribution < 1.29 is 18.4 Å². The molecule has 5 heteroatoms. The summed E-state index contributed by atoms with van der Waals surface area (Å²) in [5.74, 6) is -0.217. The van der Waals surface area contributed by atoms with E-state index in [1.165, 1.54) is 0 Å². The van der Waals surface area contributed by atoms with Crippen LogP contribution in [0.15, 0.2) is 12.7 Å². The van der Waals surface area contributed by atoms with Gasteiger partial charge in [0.25, 0.3) is 0 Å². The average molecular weight is 290 g/mol. The maximum Gasteiger partial charge on any atom is 0.373 e. The Balaban J connectivity index is 0. The van der Waals surface area contributed by atoms with E-state index in [2.05, 4.69) is 6.58 Å². The number of hydrogen-bond acceptors (Lipinski definition) is 4. The highest BCUT2D eigenvalue weighted by Crippen LogP contribution is 2.17. The lowest BCUT2D eigenvalue weighted by Crippen LogP contribution is -2.46. The number of carbonyl (C=O) groups excluding carboxylic acids is 1. The molecule has 19 heavy (non-hydrogen) atoms. The molecule has 0 N–H and O–H groups in total. The Bertz CT molecular complexity index is 253. The Hall–Kier alpha value is -0.653. The molecular formula is C14H30O4Si. The molecule has 0 saturated carbocycles. The van der Waals surface area contributed by atoms with E-state index < -0.39 is 14.0 Å². The molecule has 0 heterocycles. The largest absolute Gasteiger partial charge is 0.463 e. The first-order valence-electron chi connectivity index (χ1n) is 6.69. The first-order valence-corrected chi connectivity index (χ1v) is 9.21. The van der Waals surface area contributed by atoms with Crippen LogP contribution in [-0.2, 0) is 18.4 Å². The zero-order chi connectivity index (χ0) is 15.5. The van der Waals surface area contributed by atoms with E-state index in [9.17, 15) is 4.79 Å². The fraction of sp³-hybridized carbons (Fsp3) is 0.786. The number of esters is 1. The number of ether oxygens (including phenoxy) is 1. The summed E-state index contributed by atoms with van der Waals surface area (Å²) in [6.45, 7) is 17.6. The lowest BCUT2D eigenvalue weighted by Gasteiger charge is -2.27. The predicted molar refractivity (Wildman–Crippen MR) is 81.2 cm³/mol. The van der Waals surface area contributed by atoms with Crippen molar-refractivity contribution in [2.45, 2.75) is 48.1 Å². The highest BCUT2D eigenvalue weighted by molar-refractivity contribution is 6.66. The molecular weight excluding hydrogens is 260 g/mol. The molecule has 0 aliphatic heterocycles. The van der Waals surface area contributed by atoms with E-state index in [0.717, 1.165) is 0 Å². The quantitative estimate of drug-likeness (QED) is 0.427. The third-order valence-corrected chi connectivity index (χ3v) is 4.44. The zero-order valence-corrected chi connectivity index (χ0v) is 14.5. The van der Waals surface area contributed by atoms with Gasteiger partial charge in [-0.25, -0.2) is 0 Å². The monoisotopic (exact) mass is 290 g/mol. The van der Waals surface area contributed by atoms with Crippen molar-refractivity contribution in [3.63, 3.8) is 0 Å². The Morgan fingerprint density at radius 1 is 1.21 bits per heavy atom. The van der Waals surface area contributed by atoms with Gasteiger partial charge in [0.1, 0.15) is 6.23 Å². The lowest BCUT2D eigenvalue weighted by molar-refractivity contribution is -0.151. The Kier molecular flexibility index (Phi) is 11.1. The fourth-order valence-corrected chi connectivity index (χ4v) is 3.01. The van der Waals surface area contributed by atoms with Crippen LogP contribution < -0.4 is 0 Å². The molecule has 0 fully saturated rings. The van der Waals surface area contributed by atoms with Crippen LogP contribution in [0.5, 0.6) is 0 Å². The molecule has 0 aromatic carbocycles. The molecule has 4 nitrogen and oxygen atoms in total. The summed E-state index contributed by atoms with van der Waals surface area (Å²) in [5, 5.41) is 0. The van der Waals surface area contributed by atoms with Crippen molar-refractivity contribution >= 4 is 14.5 Å². The van der Waals surface area contributed by atoms with Crippen molar-refractivity contribution in [2.75, 3.05) is 19.4 Å². The molecule has 0 aromatic heterocycles. The van der Waals surface area contributed by atoms with Crippen molar-refractivity contribution in [1.29, 1.82) is 0 Å². The second-order valence-corrected chi connectivity index (χ2v) is 8.37. The number of hydrogen-bond donors (Lipinski definition) is 0. The van der Waals surface area contributed by atoms with Gasteiger partial charge in [0.05, 0.1) is 5.41 Å². The van der Waals surface area contributed by atoms with Crippen molar-refractivity contribution in [3.05, 3.63) is 12.7 Å². The molecule has 0 unspecified atom stereocenters. The molecule has 114 valence electrons. The van der Waals surface area contributed by atoms with E-state index in [-0.39, 0.29) is 12.2 Å². The van der Waals surface area contributed by atoms with Gasteiger partial charge in [0, 0.05) is 13.2 Å². The molecule has 0 saturated heterocycles. The van der Waals surface area contributed by atoms with Crippen LogP contribution in [0.1, 0.15) is 41.5 Å². The molecule has 0 rings (SSSR count). The molecule has 0 atom stereocenters. The molecule has 0 amide bonds. The second kappa shape index (κ2) is 10.2. The first kappa shape index (κ1) is 20.7. The molecule has 0 bridgehead atoms.